The Kier molecular flexibility index (Phi) is 4.99. The maximum atomic E-state index is 12.0. The summed E-state index contributed by atoms with van der Waals surface area (Å²) in [6.07, 6.45) is 3.25. The summed E-state index contributed by atoms with van der Waals surface area (Å²) in [6, 6.07) is -0.0106. The Balaban J connectivity index is 1.79. The van der Waals surface area contributed by atoms with Gasteiger partial charge in [0.2, 0.25) is 0 Å². The molecule has 1 saturated carbocycles. The van der Waals surface area contributed by atoms with Gasteiger partial charge in [-0.25, -0.2) is 4.79 Å². The summed E-state index contributed by atoms with van der Waals surface area (Å²) >= 11 is 0. The Morgan fingerprint density at radius 1 is 1.22 bits per heavy atom. The second-order valence-corrected chi connectivity index (χ2v) is 9.93. The quantitative estimate of drug-likeness (QED) is 0.840. The molecule has 0 radical (unpaired) electrons. The maximum Gasteiger partial charge on any atom is 0.410 e. The molecule has 134 valence electrons. The average molecular weight is 347 g/mol. The first-order chi connectivity index (χ1) is 10.4. The summed E-state index contributed by atoms with van der Waals surface area (Å²) in [5.74, 6) is 0. The molecule has 1 heterocycles. The topological polar surface area (TPSA) is 79.0 Å². The van der Waals surface area contributed by atoms with E-state index in [4.69, 9.17) is 4.74 Å². The molecule has 23 heavy (non-hydrogen) atoms. The lowest BCUT2D eigenvalue weighted by Gasteiger charge is -2.53. The lowest BCUT2D eigenvalue weighted by atomic mass is 9.68. The van der Waals surface area contributed by atoms with E-state index in [0.717, 1.165) is 38.8 Å². The van der Waals surface area contributed by atoms with Gasteiger partial charge >= 0.3 is 6.09 Å². The largest absolute Gasteiger partial charge is 0.444 e. The number of nitrogens with zero attached hydrogens (tertiary/aromatic N) is 2. The van der Waals surface area contributed by atoms with Gasteiger partial charge in [0, 0.05) is 38.6 Å². The third kappa shape index (κ3) is 4.58. The predicted octanol–water partition coefficient (Wildman–Crippen LogP) is 1.56. The molecule has 1 spiro atoms. The van der Waals surface area contributed by atoms with E-state index in [-0.39, 0.29) is 17.6 Å². The molecule has 0 aromatic rings. The Morgan fingerprint density at radius 3 is 2.17 bits per heavy atom. The monoisotopic (exact) mass is 347 g/mol. The van der Waals surface area contributed by atoms with Crippen LogP contribution in [0.5, 0.6) is 0 Å². The normalized spacial score (nSPS) is 22.3. The number of carbonyl (C=O) groups excluding carboxylic acids is 1. The van der Waals surface area contributed by atoms with Gasteiger partial charge in [-0.3, -0.25) is 0 Å². The van der Waals surface area contributed by atoms with E-state index in [9.17, 15) is 13.2 Å². The molecule has 1 N–H and O–H groups in total. The lowest BCUT2D eigenvalue weighted by Crippen LogP contribution is -2.61. The van der Waals surface area contributed by atoms with Gasteiger partial charge in [-0.05, 0) is 46.5 Å². The zero-order chi connectivity index (χ0) is 17.5. The number of amides is 1. The van der Waals surface area contributed by atoms with E-state index in [1.807, 2.05) is 20.8 Å². The van der Waals surface area contributed by atoms with Crippen LogP contribution in [0.3, 0.4) is 0 Å². The predicted molar refractivity (Wildman–Crippen MR) is 88.2 cm³/mol. The van der Waals surface area contributed by atoms with Crippen molar-refractivity contribution < 1.29 is 17.9 Å². The van der Waals surface area contributed by atoms with Crippen LogP contribution in [-0.4, -0.2) is 62.5 Å². The van der Waals surface area contributed by atoms with Gasteiger partial charge in [-0.2, -0.15) is 17.4 Å². The minimum absolute atomic E-state index is 0.0106. The maximum absolute atomic E-state index is 12.0. The van der Waals surface area contributed by atoms with Crippen LogP contribution in [0.4, 0.5) is 4.79 Å². The van der Waals surface area contributed by atoms with Crippen molar-refractivity contribution in [3.05, 3.63) is 0 Å². The molecule has 7 nitrogen and oxygen atoms in total. The molecule has 0 aromatic heterocycles. The van der Waals surface area contributed by atoms with Crippen molar-refractivity contribution in [2.75, 3.05) is 27.2 Å². The highest BCUT2D eigenvalue weighted by Crippen LogP contribution is 2.44. The van der Waals surface area contributed by atoms with Crippen LogP contribution >= 0.6 is 0 Å². The summed E-state index contributed by atoms with van der Waals surface area (Å²) in [5.41, 5.74) is -0.321. The van der Waals surface area contributed by atoms with Crippen LogP contribution in [-0.2, 0) is 14.9 Å². The van der Waals surface area contributed by atoms with Crippen molar-refractivity contribution in [3.8, 4) is 0 Å². The van der Waals surface area contributed by atoms with Gasteiger partial charge in [0.1, 0.15) is 5.60 Å². The van der Waals surface area contributed by atoms with Crippen LogP contribution in [0.25, 0.3) is 0 Å². The fourth-order valence-corrected chi connectivity index (χ4v) is 4.07. The first-order valence-electron chi connectivity index (χ1n) is 8.10. The second-order valence-electron chi connectivity index (χ2n) is 8.02. The number of carbonyl (C=O) groups is 1. The molecular weight excluding hydrogens is 318 g/mol. The number of hydrogen-bond donors (Lipinski definition) is 1. The van der Waals surface area contributed by atoms with E-state index in [0.29, 0.717) is 0 Å². The molecule has 2 fully saturated rings. The molecule has 2 rings (SSSR count). The van der Waals surface area contributed by atoms with Crippen LogP contribution < -0.4 is 4.72 Å². The third-order valence-electron chi connectivity index (χ3n) is 4.55. The van der Waals surface area contributed by atoms with Gasteiger partial charge in [0.15, 0.2) is 0 Å². The fraction of sp³-hybridized carbons (Fsp3) is 0.933. The van der Waals surface area contributed by atoms with E-state index in [1.165, 1.54) is 18.4 Å². The zero-order valence-electron chi connectivity index (χ0n) is 14.8. The number of rotatable bonds is 3. The van der Waals surface area contributed by atoms with Crippen molar-refractivity contribution in [3.63, 3.8) is 0 Å². The van der Waals surface area contributed by atoms with Crippen molar-refractivity contribution in [1.82, 2.24) is 13.9 Å². The SMILES string of the molecule is CN(C)S(=O)(=O)NC1CCC2(CC1)CN(C(=O)OC(C)(C)C)C2. The van der Waals surface area contributed by atoms with Crippen LogP contribution in [0.2, 0.25) is 0 Å². The van der Waals surface area contributed by atoms with Crippen molar-refractivity contribution >= 4 is 16.3 Å². The first-order valence-corrected chi connectivity index (χ1v) is 9.54. The molecule has 8 heteroatoms. The van der Waals surface area contributed by atoms with Crippen molar-refractivity contribution in [2.45, 2.75) is 58.1 Å². The minimum Gasteiger partial charge on any atom is -0.444 e. The van der Waals surface area contributed by atoms with Crippen molar-refractivity contribution in [2.24, 2.45) is 5.41 Å². The van der Waals surface area contributed by atoms with E-state index < -0.39 is 15.8 Å². The molecule has 1 amide bonds. The standard InChI is InChI=1S/C15H29N3O4S/c1-14(2,3)22-13(19)18-10-15(11-18)8-6-12(7-9-15)16-23(20,21)17(4)5/h12,16H,6-11H2,1-5H3. The Labute approximate surface area is 139 Å². The Hall–Kier alpha value is -0.860. The summed E-state index contributed by atoms with van der Waals surface area (Å²) < 4.78 is 33.0. The van der Waals surface area contributed by atoms with Crippen molar-refractivity contribution in [1.29, 1.82) is 0 Å². The third-order valence-corrected chi connectivity index (χ3v) is 6.14. The van der Waals surface area contributed by atoms with Gasteiger partial charge in [-0.15, -0.1) is 0 Å². The second kappa shape index (κ2) is 6.22. The van der Waals surface area contributed by atoms with Crippen LogP contribution in [0.1, 0.15) is 46.5 Å². The number of likely N-dealkylation sites (tertiary alicyclic amines) is 1. The highest BCUT2D eigenvalue weighted by atomic mass is 32.2. The fourth-order valence-electron chi connectivity index (χ4n) is 3.20. The lowest BCUT2D eigenvalue weighted by molar-refractivity contribution is -0.0508. The zero-order valence-corrected chi connectivity index (χ0v) is 15.6. The van der Waals surface area contributed by atoms with E-state index in [2.05, 4.69) is 4.72 Å². The molecule has 0 unspecified atom stereocenters. The average Bonchev–Trinajstić information content (AvgIpc) is 2.34. The van der Waals surface area contributed by atoms with Gasteiger partial charge in [0.25, 0.3) is 10.2 Å². The summed E-state index contributed by atoms with van der Waals surface area (Å²) in [6.45, 7) is 7.03. The van der Waals surface area contributed by atoms with Gasteiger partial charge in [0.05, 0.1) is 0 Å². The molecular formula is C15H29N3O4S. The molecule has 2 aliphatic rings. The first kappa shape index (κ1) is 18.5. The molecule has 0 bridgehead atoms. The van der Waals surface area contributed by atoms with Crippen LogP contribution in [0, 0.1) is 5.41 Å². The molecule has 1 saturated heterocycles. The molecule has 0 atom stereocenters. The molecule has 1 aliphatic carbocycles. The number of nitrogens with one attached hydrogen (secondary N) is 1. The number of hydrogen-bond acceptors (Lipinski definition) is 4. The van der Waals surface area contributed by atoms with Gasteiger partial charge in [-0.1, -0.05) is 0 Å². The Morgan fingerprint density at radius 2 is 1.74 bits per heavy atom. The highest BCUT2D eigenvalue weighted by molar-refractivity contribution is 7.87. The van der Waals surface area contributed by atoms with E-state index in [1.54, 1.807) is 4.90 Å². The summed E-state index contributed by atoms with van der Waals surface area (Å²) in [7, 11) is -0.319. The summed E-state index contributed by atoms with van der Waals surface area (Å²) in [5, 5.41) is 0. The van der Waals surface area contributed by atoms with Crippen LogP contribution in [0.15, 0.2) is 0 Å². The van der Waals surface area contributed by atoms with E-state index >= 15 is 0 Å². The highest BCUT2D eigenvalue weighted by Gasteiger charge is 2.48. The number of ether oxygens (including phenoxy) is 1. The minimum atomic E-state index is -3.37. The summed E-state index contributed by atoms with van der Waals surface area (Å²) in [4.78, 5) is 13.7. The van der Waals surface area contributed by atoms with Gasteiger partial charge < -0.3 is 9.64 Å². The Bertz CT molecular complexity index is 538. The molecule has 0 aromatic carbocycles. The smallest absolute Gasteiger partial charge is 0.410 e. The molecule has 1 aliphatic heterocycles.